The fourth-order valence-electron chi connectivity index (χ4n) is 3.58. The molecule has 1 saturated heterocycles. The second-order valence-corrected chi connectivity index (χ2v) is 10.1. The van der Waals surface area contributed by atoms with Crippen LogP contribution in [0.3, 0.4) is 0 Å². The summed E-state index contributed by atoms with van der Waals surface area (Å²) in [6.45, 7) is 15.2. The molecule has 1 aliphatic rings. The minimum absolute atomic E-state index is 0.00957. The number of piperidine rings is 1. The standard InChI is InChI=1S/C21H35ClN4O3/c1-15(2)25(19(28)29-20(3,4)5)13-16-9-8-10-24(12-16)18(27)21(6,7)26-14-17(22)11-23-26/h11,14-16H,8-10,12-13H2,1-7H3/t16-/m0/s1. The zero-order chi connectivity index (χ0) is 22.0. The van der Waals surface area contributed by atoms with Gasteiger partial charge in [0, 0.05) is 31.9 Å². The van der Waals surface area contributed by atoms with Crippen molar-refractivity contribution in [3.8, 4) is 0 Å². The van der Waals surface area contributed by atoms with Gasteiger partial charge in [-0.25, -0.2) is 4.79 Å². The van der Waals surface area contributed by atoms with E-state index in [-0.39, 0.29) is 24.0 Å². The number of nitrogens with zero attached hydrogens (tertiary/aromatic N) is 4. The third kappa shape index (κ3) is 6.11. The maximum absolute atomic E-state index is 13.2. The van der Waals surface area contributed by atoms with Gasteiger partial charge in [-0.15, -0.1) is 0 Å². The van der Waals surface area contributed by atoms with Crippen molar-refractivity contribution >= 4 is 23.6 Å². The van der Waals surface area contributed by atoms with Gasteiger partial charge in [-0.1, -0.05) is 11.6 Å². The normalized spacial score (nSPS) is 18.1. The van der Waals surface area contributed by atoms with E-state index < -0.39 is 11.1 Å². The van der Waals surface area contributed by atoms with Crippen LogP contribution in [0, 0.1) is 5.92 Å². The van der Waals surface area contributed by atoms with E-state index in [1.165, 1.54) is 6.20 Å². The van der Waals surface area contributed by atoms with Crippen molar-refractivity contribution in [1.82, 2.24) is 19.6 Å². The summed E-state index contributed by atoms with van der Waals surface area (Å²) >= 11 is 5.98. The Morgan fingerprint density at radius 3 is 2.48 bits per heavy atom. The van der Waals surface area contributed by atoms with Gasteiger partial charge in [0.2, 0.25) is 5.91 Å². The maximum Gasteiger partial charge on any atom is 0.410 e. The fraction of sp³-hybridized carbons (Fsp3) is 0.762. The van der Waals surface area contributed by atoms with E-state index in [2.05, 4.69) is 5.10 Å². The first-order valence-electron chi connectivity index (χ1n) is 10.3. The minimum Gasteiger partial charge on any atom is -0.444 e. The summed E-state index contributed by atoms with van der Waals surface area (Å²) in [5, 5.41) is 4.73. The van der Waals surface area contributed by atoms with Crippen LogP contribution in [0.4, 0.5) is 4.79 Å². The first kappa shape index (κ1) is 23.5. The van der Waals surface area contributed by atoms with Gasteiger partial charge < -0.3 is 14.5 Å². The molecule has 0 aliphatic carbocycles. The van der Waals surface area contributed by atoms with Crippen molar-refractivity contribution in [2.24, 2.45) is 5.92 Å². The summed E-state index contributed by atoms with van der Waals surface area (Å²) in [6.07, 6.45) is 4.79. The first-order valence-corrected chi connectivity index (χ1v) is 10.7. The average molecular weight is 427 g/mol. The number of carbonyl (C=O) groups excluding carboxylic acids is 2. The van der Waals surface area contributed by atoms with Gasteiger partial charge in [0.15, 0.2) is 0 Å². The third-order valence-electron chi connectivity index (χ3n) is 5.16. The monoisotopic (exact) mass is 426 g/mol. The van der Waals surface area contributed by atoms with Crippen LogP contribution in [-0.2, 0) is 15.1 Å². The number of hydrogen-bond acceptors (Lipinski definition) is 4. The number of likely N-dealkylation sites (tertiary alicyclic amines) is 1. The first-order chi connectivity index (χ1) is 13.3. The lowest BCUT2D eigenvalue weighted by Gasteiger charge is -2.40. The van der Waals surface area contributed by atoms with Gasteiger partial charge >= 0.3 is 6.09 Å². The zero-order valence-electron chi connectivity index (χ0n) is 18.7. The number of aromatic nitrogens is 2. The van der Waals surface area contributed by atoms with Crippen LogP contribution in [0.25, 0.3) is 0 Å². The Labute approximate surface area is 179 Å². The van der Waals surface area contributed by atoms with E-state index in [1.807, 2.05) is 53.4 Å². The largest absolute Gasteiger partial charge is 0.444 e. The van der Waals surface area contributed by atoms with E-state index >= 15 is 0 Å². The molecule has 1 fully saturated rings. The summed E-state index contributed by atoms with van der Waals surface area (Å²) in [7, 11) is 0. The van der Waals surface area contributed by atoms with E-state index in [9.17, 15) is 9.59 Å². The Morgan fingerprint density at radius 1 is 1.31 bits per heavy atom. The molecule has 7 nitrogen and oxygen atoms in total. The molecule has 1 aliphatic heterocycles. The van der Waals surface area contributed by atoms with Crippen molar-refractivity contribution in [3.05, 3.63) is 17.4 Å². The van der Waals surface area contributed by atoms with Gasteiger partial charge in [0.25, 0.3) is 0 Å². The summed E-state index contributed by atoms with van der Waals surface area (Å²) in [5.41, 5.74) is -1.36. The second kappa shape index (κ2) is 8.94. The van der Waals surface area contributed by atoms with E-state index in [0.717, 1.165) is 12.8 Å². The highest BCUT2D eigenvalue weighted by molar-refractivity contribution is 6.30. The highest BCUT2D eigenvalue weighted by Crippen LogP contribution is 2.26. The minimum atomic E-state index is -0.821. The predicted molar refractivity (Wildman–Crippen MR) is 114 cm³/mol. The molecule has 29 heavy (non-hydrogen) atoms. The molecule has 0 spiro atoms. The molecule has 2 rings (SSSR count). The van der Waals surface area contributed by atoms with E-state index in [0.29, 0.717) is 24.7 Å². The molecule has 1 atom stereocenters. The van der Waals surface area contributed by atoms with Crippen molar-refractivity contribution in [1.29, 1.82) is 0 Å². The quantitative estimate of drug-likeness (QED) is 0.709. The lowest BCUT2D eigenvalue weighted by molar-refractivity contribution is -0.141. The molecule has 1 aromatic rings. The molecule has 0 unspecified atom stereocenters. The molecular formula is C21H35ClN4O3. The van der Waals surface area contributed by atoms with Crippen LogP contribution >= 0.6 is 11.6 Å². The lowest BCUT2D eigenvalue weighted by atomic mass is 9.94. The number of carbonyl (C=O) groups is 2. The fourth-order valence-corrected chi connectivity index (χ4v) is 3.72. The number of ether oxygens (including phenoxy) is 1. The second-order valence-electron chi connectivity index (χ2n) is 9.65. The number of rotatable bonds is 5. The van der Waals surface area contributed by atoms with E-state index in [4.69, 9.17) is 16.3 Å². The van der Waals surface area contributed by atoms with Crippen LogP contribution in [0.5, 0.6) is 0 Å². The Bertz CT molecular complexity index is 724. The van der Waals surface area contributed by atoms with Gasteiger partial charge in [-0.05, 0) is 67.2 Å². The van der Waals surface area contributed by atoms with Crippen LogP contribution < -0.4 is 0 Å². The van der Waals surface area contributed by atoms with Gasteiger partial charge in [-0.3, -0.25) is 9.48 Å². The summed E-state index contributed by atoms with van der Waals surface area (Å²) in [5.74, 6) is 0.218. The SMILES string of the molecule is CC(C)N(C[C@H]1CCCN(C(=O)C(C)(C)n2cc(Cl)cn2)C1)C(=O)OC(C)(C)C. The van der Waals surface area contributed by atoms with Crippen molar-refractivity contribution in [2.45, 2.75) is 78.5 Å². The van der Waals surface area contributed by atoms with Crippen LogP contribution in [-0.4, -0.2) is 62.9 Å². The molecule has 0 aromatic carbocycles. The highest BCUT2D eigenvalue weighted by Gasteiger charge is 2.37. The number of halogens is 1. The molecule has 2 heterocycles. The van der Waals surface area contributed by atoms with Crippen LogP contribution in [0.1, 0.15) is 61.3 Å². The number of amides is 2. The average Bonchev–Trinajstić information content (AvgIpc) is 3.04. The summed E-state index contributed by atoms with van der Waals surface area (Å²) in [4.78, 5) is 29.5. The molecule has 2 amide bonds. The molecule has 164 valence electrons. The molecule has 0 saturated carbocycles. The predicted octanol–water partition coefficient (Wildman–Crippen LogP) is 4.16. The van der Waals surface area contributed by atoms with Crippen molar-refractivity contribution < 1.29 is 14.3 Å². The lowest BCUT2D eigenvalue weighted by Crippen LogP contribution is -2.52. The molecule has 0 bridgehead atoms. The molecule has 8 heteroatoms. The van der Waals surface area contributed by atoms with Gasteiger partial charge in [0.05, 0.1) is 11.2 Å². The summed E-state index contributed by atoms with van der Waals surface area (Å²) < 4.78 is 7.19. The van der Waals surface area contributed by atoms with E-state index in [1.54, 1.807) is 15.8 Å². The Hall–Kier alpha value is -1.76. The van der Waals surface area contributed by atoms with Crippen molar-refractivity contribution in [2.75, 3.05) is 19.6 Å². The third-order valence-corrected chi connectivity index (χ3v) is 5.35. The smallest absolute Gasteiger partial charge is 0.410 e. The molecule has 0 radical (unpaired) electrons. The van der Waals surface area contributed by atoms with Crippen LogP contribution in [0.15, 0.2) is 12.4 Å². The Morgan fingerprint density at radius 2 is 1.97 bits per heavy atom. The van der Waals surface area contributed by atoms with Crippen molar-refractivity contribution in [3.63, 3.8) is 0 Å². The highest BCUT2D eigenvalue weighted by atomic mass is 35.5. The Balaban J connectivity index is 2.07. The van der Waals surface area contributed by atoms with Gasteiger partial charge in [0.1, 0.15) is 11.1 Å². The number of hydrogen-bond donors (Lipinski definition) is 0. The van der Waals surface area contributed by atoms with Gasteiger partial charge in [-0.2, -0.15) is 5.10 Å². The summed E-state index contributed by atoms with van der Waals surface area (Å²) in [6, 6.07) is 0.0265. The zero-order valence-corrected chi connectivity index (χ0v) is 19.5. The Kier molecular flexibility index (Phi) is 7.25. The van der Waals surface area contributed by atoms with Crippen LogP contribution in [0.2, 0.25) is 5.02 Å². The molecular weight excluding hydrogens is 392 g/mol. The maximum atomic E-state index is 13.2. The molecule has 0 N–H and O–H groups in total. The molecule has 1 aromatic heterocycles. The topological polar surface area (TPSA) is 67.7 Å².